The van der Waals surface area contributed by atoms with Crippen LogP contribution in [0.15, 0.2) is 28.7 Å². The van der Waals surface area contributed by atoms with E-state index in [4.69, 9.17) is 12.2 Å². The molecule has 0 aliphatic heterocycles. The maximum absolute atomic E-state index is 13.6. The molecule has 100 valence electrons. The third kappa shape index (κ3) is 3.48. The highest BCUT2D eigenvalue weighted by Gasteiger charge is 2.08. The Labute approximate surface area is 125 Å². The second kappa shape index (κ2) is 6.39. The molecule has 0 radical (unpaired) electrons. The summed E-state index contributed by atoms with van der Waals surface area (Å²) in [7, 11) is 0. The number of nitrogens with zero attached hydrogens (tertiary/aromatic N) is 1. The molecule has 0 saturated carbocycles. The van der Waals surface area contributed by atoms with Crippen molar-refractivity contribution in [2.75, 3.05) is 0 Å². The van der Waals surface area contributed by atoms with E-state index in [0.717, 1.165) is 23.0 Å². The minimum atomic E-state index is -0.219. The summed E-state index contributed by atoms with van der Waals surface area (Å²) in [6.07, 6.45) is 2.31. The predicted molar refractivity (Wildman–Crippen MR) is 80.3 cm³/mol. The highest BCUT2D eigenvalue weighted by atomic mass is 79.9. The molecule has 1 heterocycles. The van der Waals surface area contributed by atoms with Gasteiger partial charge in [-0.2, -0.15) is 0 Å². The Hall–Kier alpha value is -1.07. The van der Waals surface area contributed by atoms with E-state index in [2.05, 4.69) is 32.8 Å². The zero-order valence-electron chi connectivity index (χ0n) is 10.5. The van der Waals surface area contributed by atoms with E-state index < -0.39 is 0 Å². The number of halogens is 2. The smallest absolute Gasteiger partial charge is 0.144 e. The molecule has 0 spiro atoms. The van der Waals surface area contributed by atoms with Crippen molar-refractivity contribution < 1.29 is 4.39 Å². The van der Waals surface area contributed by atoms with Crippen molar-refractivity contribution in [1.29, 1.82) is 0 Å². The van der Waals surface area contributed by atoms with Gasteiger partial charge in [-0.05, 0) is 34.0 Å². The first-order chi connectivity index (χ1) is 9.11. The summed E-state index contributed by atoms with van der Waals surface area (Å²) < 4.78 is 15.0. The quantitative estimate of drug-likeness (QED) is 0.825. The Morgan fingerprint density at radius 3 is 2.79 bits per heavy atom. The van der Waals surface area contributed by atoms with Crippen molar-refractivity contribution in [3.8, 4) is 0 Å². The number of benzene rings is 1. The molecular weight excluding hydrogens is 327 g/mol. The predicted octanol–water partition coefficient (Wildman–Crippen LogP) is 4.58. The number of H-pyrrole nitrogens is 1. The lowest BCUT2D eigenvalue weighted by atomic mass is 10.1. The van der Waals surface area contributed by atoms with Crippen LogP contribution >= 0.6 is 28.1 Å². The zero-order chi connectivity index (χ0) is 13.8. The van der Waals surface area contributed by atoms with Crippen LogP contribution in [0.4, 0.5) is 4.39 Å². The summed E-state index contributed by atoms with van der Waals surface area (Å²) in [6, 6.07) is 6.71. The maximum Gasteiger partial charge on any atom is 0.144 e. The van der Waals surface area contributed by atoms with Gasteiger partial charge < -0.3 is 4.98 Å². The largest absolute Gasteiger partial charge is 0.346 e. The van der Waals surface area contributed by atoms with Crippen LogP contribution in [0.25, 0.3) is 0 Å². The lowest BCUT2D eigenvalue weighted by Crippen LogP contribution is -2.03. The number of rotatable bonds is 4. The van der Waals surface area contributed by atoms with E-state index in [-0.39, 0.29) is 5.82 Å². The summed E-state index contributed by atoms with van der Waals surface area (Å²) >= 11 is 8.66. The fourth-order valence-corrected chi connectivity index (χ4v) is 2.51. The van der Waals surface area contributed by atoms with Crippen molar-refractivity contribution >= 4 is 28.1 Å². The Kier molecular flexibility index (Phi) is 4.82. The summed E-state index contributed by atoms with van der Waals surface area (Å²) in [5, 5.41) is 0. The number of aromatic amines is 1. The van der Waals surface area contributed by atoms with E-state index >= 15 is 0 Å². The van der Waals surface area contributed by atoms with Crippen LogP contribution in [0.2, 0.25) is 0 Å². The number of nitrogens with one attached hydrogen (secondary N) is 1. The SMILES string of the molecule is CCCc1[nH]c(Cc2ccccc2F)nc(=S)c1Br. The summed E-state index contributed by atoms with van der Waals surface area (Å²) in [4.78, 5) is 7.54. The Morgan fingerprint density at radius 2 is 2.11 bits per heavy atom. The van der Waals surface area contributed by atoms with E-state index in [1.165, 1.54) is 6.07 Å². The maximum atomic E-state index is 13.6. The van der Waals surface area contributed by atoms with Crippen molar-refractivity contribution in [2.24, 2.45) is 0 Å². The molecule has 2 nitrogen and oxygen atoms in total. The minimum Gasteiger partial charge on any atom is -0.346 e. The van der Waals surface area contributed by atoms with Gasteiger partial charge in [0.1, 0.15) is 16.3 Å². The molecule has 1 aromatic carbocycles. The molecule has 0 fully saturated rings. The van der Waals surface area contributed by atoms with Gasteiger partial charge in [-0.15, -0.1) is 0 Å². The van der Waals surface area contributed by atoms with Crippen LogP contribution < -0.4 is 0 Å². The summed E-state index contributed by atoms with van der Waals surface area (Å²) in [6.45, 7) is 2.10. The molecule has 1 N–H and O–H groups in total. The molecule has 5 heteroatoms. The molecule has 0 aliphatic carbocycles. The molecule has 1 aromatic heterocycles. The second-order valence-corrected chi connectivity index (χ2v) is 5.48. The highest BCUT2D eigenvalue weighted by Crippen LogP contribution is 2.19. The first-order valence-corrected chi connectivity index (χ1v) is 7.33. The van der Waals surface area contributed by atoms with Crippen LogP contribution in [-0.4, -0.2) is 9.97 Å². The minimum absolute atomic E-state index is 0.219. The summed E-state index contributed by atoms with van der Waals surface area (Å²) in [5.74, 6) is 0.477. The van der Waals surface area contributed by atoms with Crippen molar-refractivity contribution in [2.45, 2.75) is 26.2 Å². The third-order valence-corrected chi connectivity index (χ3v) is 4.21. The first-order valence-electron chi connectivity index (χ1n) is 6.12. The third-order valence-electron chi connectivity index (χ3n) is 2.80. The lowest BCUT2D eigenvalue weighted by Gasteiger charge is -2.08. The van der Waals surface area contributed by atoms with Gasteiger partial charge in [-0.1, -0.05) is 43.8 Å². The molecule has 0 bridgehead atoms. The monoisotopic (exact) mass is 340 g/mol. The average molecular weight is 341 g/mol. The number of aromatic nitrogens is 2. The second-order valence-electron chi connectivity index (χ2n) is 4.30. The Balaban J connectivity index is 2.36. The molecule has 19 heavy (non-hydrogen) atoms. The normalized spacial score (nSPS) is 10.7. The fraction of sp³-hybridized carbons (Fsp3) is 0.286. The van der Waals surface area contributed by atoms with Crippen molar-refractivity contribution in [3.63, 3.8) is 0 Å². The van der Waals surface area contributed by atoms with Gasteiger partial charge in [0.05, 0.1) is 4.47 Å². The van der Waals surface area contributed by atoms with E-state index in [9.17, 15) is 4.39 Å². The molecule has 2 rings (SSSR count). The Bertz CT molecular complexity index is 640. The van der Waals surface area contributed by atoms with Crippen molar-refractivity contribution in [3.05, 3.63) is 56.3 Å². The molecule has 0 atom stereocenters. The van der Waals surface area contributed by atoms with Crippen LogP contribution in [0.5, 0.6) is 0 Å². The zero-order valence-corrected chi connectivity index (χ0v) is 12.9. The summed E-state index contributed by atoms with van der Waals surface area (Å²) in [5.41, 5.74) is 1.64. The molecular formula is C14H14BrFN2S. The topological polar surface area (TPSA) is 28.7 Å². The van der Waals surface area contributed by atoms with Gasteiger partial charge in [-0.3, -0.25) is 0 Å². The van der Waals surface area contributed by atoms with Gasteiger partial charge in [0, 0.05) is 12.1 Å². The molecule has 0 aliphatic rings. The molecule has 0 amide bonds. The first kappa shape index (κ1) is 14.3. The molecule has 2 aromatic rings. The van der Waals surface area contributed by atoms with Crippen LogP contribution in [0.3, 0.4) is 0 Å². The highest BCUT2D eigenvalue weighted by molar-refractivity contribution is 9.10. The van der Waals surface area contributed by atoms with E-state index in [1.807, 2.05) is 6.07 Å². The Morgan fingerprint density at radius 1 is 1.37 bits per heavy atom. The van der Waals surface area contributed by atoms with Crippen LogP contribution in [-0.2, 0) is 12.8 Å². The standard InChI is InChI=1S/C14H14BrFN2S/c1-2-5-11-13(15)14(19)18-12(17-11)8-9-6-3-4-7-10(9)16/h3-4,6-7H,2,5,8H2,1H3,(H,17,18,19). The number of aryl methyl sites for hydroxylation is 1. The van der Waals surface area contributed by atoms with E-state index in [1.54, 1.807) is 12.1 Å². The van der Waals surface area contributed by atoms with Gasteiger partial charge in [-0.25, -0.2) is 9.37 Å². The van der Waals surface area contributed by atoms with Crippen molar-refractivity contribution in [1.82, 2.24) is 9.97 Å². The van der Waals surface area contributed by atoms with Gasteiger partial charge >= 0.3 is 0 Å². The van der Waals surface area contributed by atoms with Gasteiger partial charge in [0.15, 0.2) is 0 Å². The van der Waals surface area contributed by atoms with Gasteiger partial charge in [0.2, 0.25) is 0 Å². The molecule has 0 saturated heterocycles. The average Bonchev–Trinajstić information content (AvgIpc) is 2.38. The fourth-order valence-electron chi connectivity index (χ4n) is 1.89. The number of hydrogen-bond donors (Lipinski definition) is 1. The van der Waals surface area contributed by atoms with Gasteiger partial charge in [0.25, 0.3) is 0 Å². The van der Waals surface area contributed by atoms with Crippen LogP contribution in [0, 0.1) is 10.5 Å². The van der Waals surface area contributed by atoms with Crippen LogP contribution in [0.1, 0.15) is 30.4 Å². The number of hydrogen-bond acceptors (Lipinski definition) is 2. The van der Waals surface area contributed by atoms with E-state index in [0.29, 0.717) is 22.4 Å². The molecule has 0 unspecified atom stereocenters. The lowest BCUT2D eigenvalue weighted by molar-refractivity contribution is 0.611.